The van der Waals surface area contributed by atoms with E-state index in [1.165, 1.54) is 18.3 Å². The number of aromatic nitrogens is 1. The van der Waals surface area contributed by atoms with Crippen LogP contribution in [-0.4, -0.2) is 41.5 Å². The van der Waals surface area contributed by atoms with Gasteiger partial charge in [0.05, 0.1) is 18.7 Å². The monoisotopic (exact) mass is 304 g/mol. The highest BCUT2D eigenvalue weighted by atomic mass is 19.3. The smallest absolute Gasteiger partial charge is 0.324 e. The zero-order chi connectivity index (χ0) is 15.9. The van der Waals surface area contributed by atoms with Crippen molar-refractivity contribution in [3.63, 3.8) is 0 Å². The third-order valence-electron chi connectivity index (χ3n) is 2.29. The molecule has 0 aliphatic rings. The van der Waals surface area contributed by atoms with Gasteiger partial charge in [0.1, 0.15) is 5.69 Å². The van der Waals surface area contributed by atoms with Gasteiger partial charge < -0.3 is 10.4 Å². The summed E-state index contributed by atoms with van der Waals surface area (Å²) in [6.45, 7) is -1.67. The van der Waals surface area contributed by atoms with E-state index >= 15 is 0 Å². The Bertz CT molecular complexity index is 553. The van der Waals surface area contributed by atoms with Gasteiger partial charge in [-0.15, -0.1) is 0 Å². The average Bonchev–Trinajstić information content (AvgIpc) is 2.45. The number of amides is 1. The highest BCUT2D eigenvalue weighted by Crippen LogP contribution is 2.21. The van der Waals surface area contributed by atoms with E-state index in [1.54, 1.807) is 5.32 Å². The summed E-state index contributed by atoms with van der Waals surface area (Å²) in [6, 6.07) is 2.91. The summed E-state index contributed by atoms with van der Waals surface area (Å²) in [6.07, 6.45) is -2.46. The fraction of sp³-hybridized carbons (Fsp3) is 0.385. The lowest BCUT2D eigenvalue weighted by Crippen LogP contribution is -2.41. The number of rotatable bonds is 5. The van der Waals surface area contributed by atoms with Crippen LogP contribution in [-0.2, 0) is 0 Å². The van der Waals surface area contributed by atoms with Crippen molar-refractivity contribution < 1.29 is 27.5 Å². The Labute approximate surface area is 118 Å². The Hall–Kier alpha value is -2.14. The molecule has 0 atom stereocenters. The van der Waals surface area contributed by atoms with E-state index in [2.05, 4.69) is 16.8 Å². The normalized spacial score (nSPS) is 11.0. The molecule has 4 nitrogen and oxygen atoms in total. The summed E-state index contributed by atoms with van der Waals surface area (Å²) in [4.78, 5) is 15.4. The summed E-state index contributed by atoms with van der Waals surface area (Å²) in [5, 5.41) is 10.3. The predicted molar refractivity (Wildman–Crippen MR) is 66.1 cm³/mol. The number of aliphatic hydroxyl groups is 1. The van der Waals surface area contributed by atoms with Crippen molar-refractivity contribution in [2.75, 3.05) is 13.2 Å². The van der Waals surface area contributed by atoms with Gasteiger partial charge in [0.15, 0.2) is 0 Å². The molecule has 0 aliphatic carbocycles. The van der Waals surface area contributed by atoms with E-state index < -0.39 is 24.8 Å². The summed E-state index contributed by atoms with van der Waals surface area (Å²) < 4.78 is 49.4. The van der Waals surface area contributed by atoms with Gasteiger partial charge in [0.2, 0.25) is 0 Å². The molecule has 0 aliphatic heterocycles. The third kappa shape index (κ3) is 5.04. The van der Waals surface area contributed by atoms with Crippen LogP contribution in [0.3, 0.4) is 0 Å². The van der Waals surface area contributed by atoms with Gasteiger partial charge in [-0.05, 0) is 12.1 Å². The molecule has 0 radical (unpaired) electrons. The van der Waals surface area contributed by atoms with Crippen LogP contribution in [0.25, 0.3) is 0 Å². The maximum Gasteiger partial charge on any atom is 0.324 e. The fourth-order valence-electron chi connectivity index (χ4n) is 1.26. The maximum atomic E-state index is 12.7. The summed E-state index contributed by atoms with van der Waals surface area (Å²) >= 11 is 0. The van der Waals surface area contributed by atoms with E-state index in [1.807, 2.05) is 0 Å². The molecular formula is C13H12F4N2O2. The molecule has 0 bridgehead atoms. The Kier molecular flexibility index (Phi) is 6.11. The van der Waals surface area contributed by atoms with Crippen LogP contribution >= 0.6 is 0 Å². The van der Waals surface area contributed by atoms with Crippen molar-refractivity contribution in [2.45, 2.75) is 18.8 Å². The molecule has 114 valence electrons. The Morgan fingerprint density at radius 3 is 2.81 bits per heavy atom. The van der Waals surface area contributed by atoms with Crippen molar-refractivity contribution in [3.05, 3.63) is 29.6 Å². The number of pyridine rings is 1. The minimum Gasteiger partial charge on any atom is -0.395 e. The minimum absolute atomic E-state index is 0.156. The lowest BCUT2D eigenvalue weighted by atomic mass is 10.2. The molecule has 2 N–H and O–H groups in total. The Morgan fingerprint density at radius 1 is 1.48 bits per heavy atom. The predicted octanol–water partition coefficient (Wildman–Crippen LogP) is 1.45. The second kappa shape index (κ2) is 7.59. The second-order valence-electron chi connectivity index (χ2n) is 3.92. The number of hydrogen-bond acceptors (Lipinski definition) is 3. The molecule has 1 rings (SSSR count). The number of nitrogens with one attached hydrogen (secondary N) is 1. The summed E-state index contributed by atoms with van der Waals surface area (Å²) in [7, 11) is 0. The molecule has 1 heterocycles. The molecule has 8 heteroatoms. The van der Waals surface area contributed by atoms with E-state index in [0.29, 0.717) is 0 Å². The van der Waals surface area contributed by atoms with Crippen LogP contribution in [0, 0.1) is 11.8 Å². The van der Waals surface area contributed by atoms with E-state index in [0.717, 1.165) is 0 Å². The Morgan fingerprint density at radius 2 is 2.19 bits per heavy atom. The van der Waals surface area contributed by atoms with Crippen molar-refractivity contribution in [3.8, 4) is 11.8 Å². The first kappa shape index (κ1) is 16.9. The maximum absolute atomic E-state index is 12.7. The molecule has 0 saturated heterocycles. The Balaban J connectivity index is 2.82. The van der Waals surface area contributed by atoms with E-state index in [-0.39, 0.29) is 24.3 Å². The van der Waals surface area contributed by atoms with E-state index in [4.69, 9.17) is 5.11 Å². The lowest BCUT2D eigenvalue weighted by Gasteiger charge is -2.15. The van der Waals surface area contributed by atoms with Crippen LogP contribution in [0.4, 0.5) is 17.6 Å². The number of carbonyl (C=O) groups excluding carboxylic acids is 1. The van der Waals surface area contributed by atoms with Crippen molar-refractivity contribution in [1.82, 2.24) is 10.3 Å². The van der Waals surface area contributed by atoms with Crippen LogP contribution < -0.4 is 5.32 Å². The van der Waals surface area contributed by atoms with Crippen LogP contribution in [0.15, 0.2) is 18.3 Å². The number of hydrogen-bond donors (Lipinski definition) is 2. The van der Waals surface area contributed by atoms with E-state index in [9.17, 15) is 22.4 Å². The standard InChI is InChI=1S/C13H12F4N2O2/c14-12(15)13(16,17)8-19-11(21)10-9(4-1-2-7-20)5-3-6-18-10/h3,5-6,12,20H,2,7-8H2,(H,19,21). The van der Waals surface area contributed by atoms with Gasteiger partial charge in [-0.2, -0.15) is 8.78 Å². The lowest BCUT2D eigenvalue weighted by molar-refractivity contribution is -0.123. The van der Waals surface area contributed by atoms with Gasteiger partial charge in [-0.3, -0.25) is 4.79 Å². The first-order valence-corrected chi connectivity index (χ1v) is 5.87. The molecular weight excluding hydrogens is 292 g/mol. The fourth-order valence-corrected chi connectivity index (χ4v) is 1.26. The minimum atomic E-state index is -4.31. The quantitative estimate of drug-likeness (QED) is 0.639. The van der Waals surface area contributed by atoms with Gasteiger partial charge in [0.25, 0.3) is 5.91 Å². The van der Waals surface area contributed by atoms with Crippen molar-refractivity contribution in [2.24, 2.45) is 0 Å². The average molecular weight is 304 g/mol. The summed E-state index contributed by atoms with van der Waals surface area (Å²) in [5.74, 6) is -0.241. The molecule has 0 fully saturated rings. The molecule has 0 spiro atoms. The summed E-state index contributed by atoms with van der Waals surface area (Å²) in [5.41, 5.74) is -0.0863. The van der Waals surface area contributed by atoms with Crippen molar-refractivity contribution >= 4 is 5.91 Å². The van der Waals surface area contributed by atoms with Crippen LogP contribution in [0.2, 0.25) is 0 Å². The zero-order valence-corrected chi connectivity index (χ0v) is 10.7. The van der Waals surface area contributed by atoms with Gasteiger partial charge in [-0.25, -0.2) is 13.8 Å². The van der Waals surface area contributed by atoms with Gasteiger partial charge in [0, 0.05) is 12.6 Å². The molecule has 1 amide bonds. The second-order valence-corrected chi connectivity index (χ2v) is 3.92. The SMILES string of the molecule is O=C(NCC(F)(F)C(F)F)c1ncccc1C#CCCO. The third-order valence-corrected chi connectivity index (χ3v) is 2.29. The van der Waals surface area contributed by atoms with Gasteiger partial charge in [-0.1, -0.05) is 11.8 Å². The number of carbonyl (C=O) groups is 1. The number of halogens is 4. The van der Waals surface area contributed by atoms with Crippen LogP contribution in [0.1, 0.15) is 22.5 Å². The number of nitrogens with zero attached hydrogens (tertiary/aromatic N) is 1. The largest absolute Gasteiger partial charge is 0.395 e. The molecule has 21 heavy (non-hydrogen) atoms. The first-order valence-electron chi connectivity index (χ1n) is 5.87. The molecule has 1 aromatic heterocycles. The number of alkyl halides is 4. The highest BCUT2D eigenvalue weighted by molar-refractivity contribution is 5.94. The number of aliphatic hydroxyl groups excluding tert-OH is 1. The highest BCUT2D eigenvalue weighted by Gasteiger charge is 2.41. The van der Waals surface area contributed by atoms with Crippen molar-refractivity contribution in [1.29, 1.82) is 0 Å². The first-order chi connectivity index (χ1) is 9.88. The molecule has 1 aromatic rings. The van der Waals surface area contributed by atoms with Gasteiger partial charge >= 0.3 is 12.3 Å². The zero-order valence-electron chi connectivity index (χ0n) is 10.7. The topological polar surface area (TPSA) is 62.2 Å². The molecule has 0 aromatic carbocycles. The van der Waals surface area contributed by atoms with Crippen LogP contribution in [0.5, 0.6) is 0 Å². The molecule has 0 unspecified atom stereocenters. The molecule has 0 saturated carbocycles.